The lowest BCUT2D eigenvalue weighted by Gasteiger charge is -2.19. The molecule has 0 aliphatic carbocycles. The first-order valence-electron chi connectivity index (χ1n) is 6.19. The SMILES string of the molecule is Cc1cc(C(Br)c2ccc3c(c2)CCCO3)co1. The van der Waals surface area contributed by atoms with Gasteiger partial charge in [-0.2, -0.15) is 0 Å². The van der Waals surface area contributed by atoms with E-state index in [4.69, 9.17) is 9.15 Å². The number of hydrogen-bond donors (Lipinski definition) is 0. The zero-order valence-corrected chi connectivity index (χ0v) is 11.9. The lowest BCUT2D eigenvalue weighted by atomic mass is 10.00. The first kappa shape index (κ1) is 11.8. The molecule has 0 fully saturated rings. The number of fused-ring (bicyclic) bond motifs is 1. The van der Waals surface area contributed by atoms with Gasteiger partial charge in [0, 0.05) is 5.56 Å². The molecular formula is C15H15BrO2. The van der Waals surface area contributed by atoms with E-state index in [-0.39, 0.29) is 4.83 Å². The zero-order valence-electron chi connectivity index (χ0n) is 10.3. The fraction of sp³-hybridized carbons (Fsp3) is 0.333. The highest BCUT2D eigenvalue weighted by molar-refractivity contribution is 9.09. The van der Waals surface area contributed by atoms with Gasteiger partial charge >= 0.3 is 0 Å². The van der Waals surface area contributed by atoms with E-state index in [9.17, 15) is 0 Å². The molecule has 2 heterocycles. The van der Waals surface area contributed by atoms with E-state index in [1.807, 2.05) is 13.2 Å². The largest absolute Gasteiger partial charge is 0.493 e. The van der Waals surface area contributed by atoms with Crippen molar-refractivity contribution >= 4 is 15.9 Å². The lowest BCUT2D eigenvalue weighted by Crippen LogP contribution is -2.08. The highest BCUT2D eigenvalue weighted by Gasteiger charge is 2.16. The van der Waals surface area contributed by atoms with Gasteiger partial charge in [-0.15, -0.1) is 0 Å². The van der Waals surface area contributed by atoms with E-state index < -0.39 is 0 Å². The maximum Gasteiger partial charge on any atom is 0.122 e. The van der Waals surface area contributed by atoms with Gasteiger partial charge in [-0.1, -0.05) is 28.1 Å². The van der Waals surface area contributed by atoms with Crippen LogP contribution >= 0.6 is 15.9 Å². The van der Waals surface area contributed by atoms with Crippen molar-refractivity contribution in [2.24, 2.45) is 0 Å². The average molecular weight is 307 g/mol. The van der Waals surface area contributed by atoms with Crippen molar-refractivity contribution in [2.75, 3.05) is 6.61 Å². The zero-order chi connectivity index (χ0) is 12.5. The summed E-state index contributed by atoms with van der Waals surface area (Å²) in [6.07, 6.45) is 4.02. The van der Waals surface area contributed by atoms with Crippen LogP contribution < -0.4 is 4.74 Å². The molecule has 0 amide bonds. The molecule has 0 saturated carbocycles. The summed E-state index contributed by atoms with van der Waals surface area (Å²) < 4.78 is 11.0. The molecule has 18 heavy (non-hydrogen) atoms. The third kappa shape index (κ3) is 2.19. The summed E-state index contributed by atoms with van der Waals surface area (Å²) >= 11 is 3.73. The van der Waals surface area contributed by atoms with Crippen molar-refractivity contribution in [1.82, 2.24) is 0 Å². The van der Waals surface area contributed by atoms with Crippen LogP contribution in [0.15, 0.2) is 34.9 Å². The molecule has 1 unspecified atom stereocenters. The molecule has 0 radical (unpaired) electrons. The number of halogens is 1. The number of benzene rings is 1. The minimum absolute atomic E-state index is 0.183. The first-order valence-corrected chi connectivity index (χ1v) is 7.10. The van der Waals surface area contributed by atoms with Crippen molar-refractivity contribution < 1.29 is 9.15 Å². The molecule has 3 rings (SSSR count). The van der Waals surface area contributed by atoms with Gasteiger partial charge in [0.25, 0.3) is 0 Å². The summed E-state index contributed by atoms with van der Waals surface area (Å²) in [5.41, 5.74) is 3.72. The molecule has 1 aromatic heterocycles. The van der Waals surface area contributed by atoms with E-state index in [2.05, 4.69) is 40.2 Å². The molecule has 3 heteroatoms. The summed E-state index contributed by atoms with van der Waals surface area (Å²) in [6, 6.07) is 8.49. The lowest BCUT2D eigenvalue weighted by molar-refractivity contribution is 0.288. The van der Waals surface area contributed by atoms with Gasteiger partial charge in [0.15, 0.2) is 0 Å². The Bertz CT molecular complexity index is 559. The molecule has 2 aromatic rings. The van der Waals surface area contributed by atoms with Crippen LogP contribution in [0.3, 0.4) is 0 Å². The second kappa shape index (κ2) is 4.81. The second-order valence-corrected chi connectivity index (χ2v) is 5.59. The predicted octanol–water partition coefficient (Wildman–Crippen LogP) is 4.40. The third-order valence-electron chi connectivity index (χ3n) is 3.27. The quantitative estimate of drug-likeness (QED) is 0.767. The molecule has 1 aliphatic heterocycles. The molecule has 0 N–H and O–H groups in total. The Balaban J connectivity index is 1.92. The Morgan fingerprint density at radius 2 is 2.11 bits per heavy atom. The summed E-state index contributed by atoms with van der Waals surface area (Å²) in [5, 5.41) is 0. The van der Waals surface area contributed by atoms with Crippen molar-refractivity contribution in [3.8, 4) is 5.75 Å². The van der Waals surface area contributed by atoms with Crippen LogP contribution in [0.5, 0.6) is 5.75 Å². The van der Waals surface area contributed by atoms with E-state index in [0.29, 0.717) is 0 Å². The van der Waals surface area contributed by atoms with Crippen molar-refractivity contribution in [3.63, 3.8) is 0 Å². The smallest absolute Gasteiger partial charge is 0.122 e. The van der Waals surface area contributed by atoms with E-state index in [1.54, 1.807) is 0 Å². The monoisotopic (exact) mass is 306 g/mol. The van der Waals surface area contributed by atoms with Gasteiger partial charge < -0.3 is 9.15 Å². The van der Waals surface area contributed by atoms with Crippen LogP contribution in [-0.2, 0) is 6.42 Å². The highest BCUT2D eigenvalue weighted by atomic mass is 79.9. The fourth-order valence-corrected chi connectivity index (χ4v) is 2.85. The molecule has 0 saturated heterocycles. The highest BCUT2D eigenvalue weighted by Crippen LogP contribution is 2.35. The second-order valence-electron chi connectivity index (χ2n) is 4.67. The molecule has 94 valence electrons. The van der Waals surface area contributed by atoms with E-state index in [0.717, 1.165) is 36.5 Å². The fourth-order valence-electron chi connectivity index (χ4n) is 2.33. The van der Waals surface area contributed by atoms with Gasteiger partial charge in [-0.05, 0) is 43.0 Å². The number of hydrogen-bond acceptors (Lipinski definition) is 2. The van der Waals surface area contributed by atoms with Crippen LogP contribution in [0.2, 0.25) is 0 Å². The molecule has 0 spiro atoms. The van der Waals surface area contributed by atoms with Crippen molar-refractivity contribution in [3.05, 3.63) is 53.0 Å². The molecule has 2 nitrogen and oxygen atoms in total. The summed E-state index contributed by atoms with van der Waals surface area (Å²) in [5.74, 6) is 1.98. The minimum atomic E-state index is 0.183. The van der Waals surface area contributed by atoms with E-state index >= 15 is 0 Å². The molecule has 0 bridgehead atoms. The Morgan fingerprint density at radius 1 is 1.22 bits per heavy atom. The summed E-state index contributed by atoms with van der Waals surface area (Å²) in [6.45, 7) is 2.80. The van der Waals surface area contributed by atoms with Gasteiger partial charge in [-0.3, -0.25) is 0 Å². The van der Waals surface area contributed by atoms with Crippen LogP contribution in [0.4, 0.5) is 0 Å². The van der Waals surface area contributed by atoms with Crippen LogP contribution in [0, 0.1) is 6.92 Å². The van der Waals surface area contributed by atoms with Gasteiger partial charge in [0.05, 0.1) is 17.7 Å². The Kier molecular flexibility index (Phi) is 3.16. The number of aryl methyl sites for hydroxylation is 2. The van der Waals surface area contributed by atoms with Crippen LogP contribution in [0.1, 0.15) is 33.7 Å². The Labute approximate surface area is 115 Å². The van der Waals surface area contributed by atoms with Gasteiger partial charge in [0.1, 0.15) is 11.5 Å². The maximum atomic E-state index is 5.63. The summed E-state index contributed by atoms with van der Waals surface area (Å²) in [7, 11) is 0. The van der Waals surface area contributed by atoms with Gasteiger partial charge in [-0.25, -0.2) is 0 Å². The standard InChI is InChI=1S/C15H15BrO2/c1-10-7-13(9-18-10)15(16)12-4-5-14-11(8-12)3-2-6-17-14/h4-5,7-9,15H,2-3,6H2,1H3. The third-order valence-corrected chi connectivity index (χ3v) is 4.33. The first-order chi connectivity index (χ1) is 8.74. The molecule has 1 aromatic carbocycles. The topological polar surface area (TPSA) is 22.4 Å². The van der Waals surface area contributed by atoms with E-state index in [1.165, 1.54) is 11.1 Å². The number of rotatable bonds is 2. The van der Waals surface area contributed by atoms with Crippen molar-refractivity contribution in [1.29, 1.82) is 0 Å². The van der Waals surface area contributed by atoms with Gasteiger partial charge in [0.2, 0.25) is 0 Å². The maximum absolute atomic E-state index is 5.63. The molecule has 1 aliphatic rings. The average Bonchev–Trinajstić information content (AvgIpc) is 2.84. The molecular weight excluding hydrogens is 292 g/mol. The van der Waals surface area contributed by atoms with Crippen LogP contribution in [-0.4, -0.2) is 6.61 Å². The molecule has 1 atom stereocenters. The van der Waals surface area contributed by atoms with Crippen LogP contribution in [0.25, 0.3) is 0 Å². The number of alkyl halides is 1. The minimum Gasteiger partial charge on any atom is -0.493 e. The summed E-state index contributed by atoms with van der Waals surface area (Å²) in [4.78, 5) is 0.183. The normalized spacial score (nSPS) is 15.9. The predicted molar refractivity (Wildman–Crippen MR) is 74.5 cm³/mol. The van der Waals surface area contributed by atoms with Crippen molar-refractivity contribution in [2.45, 2.75) is 24.6 Å². The Morgan fingerprint density at radius 3 is 2.89 bits per heavy atom. The number of furan rings is 1. The Hall–Kier alpha value is -1.22. The number of ether oxygens (including phenoxy) is 1.